The third kappa shape index (κ3) is 3.99. The molecule has 2 aromatic heterocycles. The highest BCUT2D eigenvalue weighted by Gasteiger charge is 2.25. The average Bonchev–Trinajstić information content (AvgIpc) is 3.24. The van der Waals surface area contributed by atoms with Gasteiger partial charge in [0, 0.05) is 18.7 Å². The van der Waals surface area contributed by atoms with Crippen LogP contribution in [-0.4, -0.2) is 54.1 Å². The van der Waals surface area contributed by atoms with Gasteiger partial charge in [-0.15, -0.1) is 5.10 Å². The molecule has 0 aliphatic carbocycles. The first-order chi connectivity index (χ1) is 13.7. The first kappa shape index (κ1) is 18.1. The van der Waals surface area contributed by atoms with Crippen LogP contribution in [0.5, 0.6) is 0 Å². The zero-order chi connectivity index (χ0) is 19.3. The number of aliphatic hydroxyl groups is 1. The lowest BCUT2D eigenvalue weighted by Gasteiger charge is -2.32. The second-order valence-corrected chi connectivity index (χ2v) is 6.68. The smallest absolute Gasteiger partial charge is 0.322 e. The molecule has 1 unspecified atom stereocenters. The minimum absolute atomic E-state index is 0.0454. The van der Waals surface area contributed by atoms with E-state index in [2.05, 4.69) is 25.6 Å². The lowest BCUT2D eigenvalue weighted by molar-refractivity contribution is 0.174. The number of carbonyl (C=O) groups is 1. The number of likely N-dealkylation sites (tertiary alicyclic amines) is 1. The van der Waals surface area contributed by atoms with Gasteiger partial charge in [0.25, 0.3) is 0 Å². The van der Waals surface area contributed by atoms with Crippen LogP contribution in [0.4, 0.5) is 10.5 Å². The monoisotopic (exact) mass is 379 g/mol. The Hall–Kier alpha value is -3.33. The number of hydrogen-bond donors (Lipinski definition) is 2. The zero-order valence-corrected chi connectivity index (χ0v) is 15.3. The second-order valence-electron chi connectivity index (χ2n) is 6.68. The van der Waals surface area contributed by atoms with E-state index < -0.39 is 0 Å². The first-order valence-electron chi connectivity index (χ1n) is 9.18. The summed E-state index contributed by atoms with van der Waals surface area (Å²) in [6.07, 6.45) is 6.73. The van der Waals surface area contributed by atoms with Crippen molar-refractivity contribution in [2.24, 2.45) is 0 Å². The maximum Gasteiger partial charge on any atom is 0.322 e. The van der Waals surface area contributed by atoms with Crippen molar-refractivity contribution >= 4 is 11.7 Å². The van der Waals surface area contributed by atoms with Gasteiger partial charge in [-0.1, -0.05) is 35.5 Å². The van der Waals surface area contributed by atoms with E-state index in [-0.39, 0.29) is 18.7 Å². The number of benzene rings is 1. The molecule has 144 valence electrons. The molecule has 0 spiro atoms. The van der Waals surface area contributed by atoms with Gasteiger partial charge in [0.05, 0.1) is 36.9 Å². The summed E-state index contributed by atoms with van der Waals surface area (Å²) in [7, 11) is 0. The Morgan fingerprint density at radius 3 is 2.71 bits per heavy atom. The van der Waals surface area contributed by atoms with Gasteiger partial charge in [-0.3, -0.25) is 0 Å². The van der Waals surface area contributed by atoms with E-state index >= 15 is 0 Å². The SMILES string of the molecule is O=C(Nc1cnc(-c2ccccc2)nc1)N1CCCC(n2cc(CO)nn2)C1. The standard InChI is InChI=1S/C19H21N7O2/c27-13-16-11-26(24-23-16)17-7-4-8-25(12-17)19(28)22-15-9-20-18(21-10-15)14-5-2-1-3-6-14/h1-3,5-6,9-11,17,27H,4,7-8,12-13H2,(H,22,28). The average molecular weight is 379 g/mol. The number of rotatable bonds is 4. The van der Waals surface area contributed by atoms with Gasteiger partial charge in [-0.2, -0.15) is 0 Å². The number of anilines is 1. The molecule has 2 N–H and O–H groups in total. The maximum absolute atomic E-state index is 12.6. The third-order valence-electron chi connectivity index (χ3n) is 4.71. The summed E-state index contributed by atoms with van der Waals surface area (Å²) in [6.45, 7) is 1.06. The number of nitrogens with one attached hydrogen (secondary N) is 1. The molecule has 0 saturated carbocycles. The summed E-state index contributed by atoms with van der Waals surface area (Å²) in [4.78, 5) is 23.0. The van der Waals surface area contributed by atoms with Crippen molar-refractivity contribution in [3.8, 4) is 11.4 Å². The van der Waals surface area contributed by atoms with Crippen LogP contribution in [0.1, 0.15) is 24.6 Å². The molecular formula is C19H21N7O2. The third-order valence-corrected chi connectivity index (χ3v) is 4.71. The maximum atomic E-state index is 12.6. The number of nitrogens with zero attached hydrogens (tertiary/aromatic N) is 6. The first-order valence-corrected chi connectivity index (χ1v) is 9.18. The number of aliphatic hydroxyl groups excluding tert-OH is 1. The van der Waals surface area contributed by atoms with E-state index in [4.69, 9.17) is 5.11 Å². The lowest BCUT2D eigenvalue weighted by Crippen LogP contribution is -2.43. The van der Waals surface area contributed by atoms with Gasteiger partial charge in [0.1, 0.15) is 5.69 Å². The van der Waals surface area contributed by atoms with Crippen LogP contribution in [0.25, 0.3) is 11.4 Å². The molecule has 1 aliphatic heterocycles. The molecule has 1 atom stereocenters. The fraction of sp³-hybridized carbons (Fsp3) is 0.316. The number of amides is 2. The van der Waals surface area contributed by atoms with Crippen molar-refractivity contribution < 1.29 is 9.90 Å². The van der Waals surface area contributed by atoms with Gasteiger partial charge in [-0.05, 0) is 12.8 Å². The van der Waals surface area contributed by atoms with Crippen LogP contribution < -0.4 is 5.32 Å². The van der Waals surface area contributed by atoms with Crippen molar-refractivity contribution in [2.75, 3.05) is 18.4 Å². The van der Waals surface area contributed by atoms with Crippen LogP contribution in [0.2, 0.25) is 0 Å². The normalized spacial score (nSPS) is 16.8. The molecule has 3 aromatic rings. The predicted molar refractivity (Wildman–Crippen MR) is 102 cm³/mol. The van der Waals surface area contributed by atoms with E-state index in [9.17, 15) is 4.79 Å². The van der Waals surface area contributed by atoms with E-state index in [1.165, 1.54) is 0 Å². The Morgan fingerprint density at radius 1 is 1.21 bits per heavy atom. The number of carbonyl (C=O) groups excluding carboxylic acids is 1. The van der Waals surface area contributed by atoms with Crippen LogP contribution in [-0.2, 0) is 6.61 Å². The van der Waals surface area contributed by atoms with E-state index in [0.717, 1.165) is 18.4 Å². The molecule has 4 rings (SSSR count). The van der Waals surface area contributed by atoms with Gasteiger partial charge in [-0.25, -0.2) is 19.4 Å². The Balaban J connectivity index is 1.39. The molecule has 28 heavy (non-hydrogen) atoms. The highest BCUT2D eigenvalue weighted by molar-refractivity contribution is 5.89. The Bertz CT molecular complexity index is 927. The Labute approximate surface area is 162 Å². The van der Waals surface area contributed by atoms with Gasteiger partial charge in [0.2, 0.25) is 0 Å². The van der Waals surface area contributed by atoms with Gasteiger partial charge in [0.15, 0.2) is 5.82 Å². The molecule has 2 amide bonds. The highest BCUT2D eigenvalue weighted by Crippen LogP contribution is 2.22. The number of urea groups is 1. The summed E-state index contributed by atoms with van der Waals surface area (Å²) >= 11 is 0. The summed E-state index contributed by atoms with van der Waals surface area (Å²) in [6, 6.07) is 9.53. The molecule has 9 heteroatoms. The van der Waals surface area contributed by atoms with Crippen molar-refractivity contribution in [3.63, 3.8) is 0 Å². The summed E-state index contributed by atoms with van der Waals surface area (Å²) in [5.74, 6) is 0.613. The lowest BCUT2D eigenvalue weighted by atomic mass is 10.1. The number of aromatic nitrogens is 5. The summed E-state index contributed by atoms with van der Waals surface area (Å²) < 4.78 is 1.72. The molecule has 0 bridgehead atoms. The van der Waals surface area contributed by atoms with Crippen molar-refractivity contribution in [2.45, 2.75) is 25.5 Å². The minimum atomic E-state index is -0.191. The number of piperidine rings is 1. The molecule has 0 radical (unpaired) electrons. The number of hydrogen-bond acceptors (Lipinski definition) is 6. The molecule has 3 heterocycles. The second kappa shape index (κ2) is 8.13. The minimum Gasteiger partial charge on any atom is -0.390 e. The molecule has 1 fully saturated rings. The van der Waals surface area contributed by atoms with Crippen LogP contribution in [0, 0.1) is 0 Å². The van der Waals surface area contributed by atoms with Gasteiger partial charge < -0.3 is 15.3 Å². The fourth-order valence-corrected chi connectivity index (χ4v) is 3.25. The van der Waals surface area contributed by atoms with Crippen LogP contribution in [0.3, 0.4) is 0 Å². The predicted octanol–water partition coefficient (Wildman–Crippen LogP) is 2.10. The summed E-state index contributed by atoms with van der Waals surface area (Å²) in [5.41, 5.74) is 2.00. The molecule has 1 aliphatic rings. The largest absolute Gasteiger partial charge is 0.390 e. The van der Waals surface area contributed by atoms with Gasteiger partial charge >= 0.3 is 6.03 Å². The van der Waals surface area contributed by atoms with Crippen molar-refractivity contribution in [3.05, 3.63) is 54.6 Å². The molecule has 1 aromatic carbocycles. The zero-order valence-electron chi connectivity index (χ0n) is 15.3. The van der Waals surface area contributed by atoms with E-state index in [0.29, 0.717) is 30.3 Å². The fourth-order valence-electron chi connectivity index (χ4n) is 3.25. The Kier molecular flexibility index (Phi) is 5.24. The molecular weight excluding hydrogens is 358 g/mol. The molecule has 9 nitrogen and oxygen atoms in total. The van der Waals surface area contributed by atoms with Crippen molar-refractivity contribution in [1.29, 1.82) is 0 Å². The topological polar surface area (TPSA) is 109 Å². The van der Waals surface area contributed by atoms with Crippen LogP contribution in [0.15, 0.2) is 48.9 Å². The van der Waals surface area contributed by atoms with E-state index in [1.807, 2.05) is 30.3 Å². The highest BCUT2D eigenvalue weighted by atomic mass is 16.3. The van der Waals surface area contributed by atoms with Crippen molar-refractivity contribution in [1.82, 2.24) is 29.9 Å². The van der Waals surface area contributed by atoms with E-state index in [1.54, 1.807) is 28.2 Å². The quantitative estimate of drug-likeness (QED) is 0.718. The van der Waals surface area contributed by atoms with Crippen LogP contribution >= 0.6 is 0 Å². The molecule has 1 saturated heterocycles. The Morgan fingerprint density at radius 2 is 2.00 bits per heavy atom. The summed E-state index contributed by atoms with van der Waals surface area (Å²) in [5, 5.41) is 20.0.